The first kappa shape index (κ1) is 14.8. The van der Waals surface area contributed by atoms with Gasteiger partial charge in [-0.2, -0.15) is 0 Å². The van der Waals surface area contributed by atoms with E-state index in [0.717, 1.165) is 14.2 Å². The highest BCUT2D eigenvalue weighted by Gasteiger charge is 2.20. The van der Waals surface area contributed by atoms with Gasteiger partial charge in [-0.25, -0.2) is 8.42 Å². The summed E-state index contributed by atoms with van der Waals surface area (Å²) >= 11 is 10.5. The van der Waals surface area contributed by atoms with Crippen LogP contribution in [0.1, 0.15) is 10.4 Å². The van der Waals surface area contributed by atoms with E-state index in [-0.39, 0.29) is 0 Å². The number of nitrogens with one attached hydrogen (secondary N) is 1. The number of thiophene rings is 1. The van der Waals surface area contributed by atoms with Crippen molar-refractivity contribution in [3.05, 3.63) is 43.5 Å². The second-order valence-corrected chi connectivity index (χ2v) is 8.76. The number of halogens is 2. The van der Waals surface area contributed by atoms with E-state index in [1.807, 2.05) is 0 Å². The van der Waals surface area contributed by atoms with Crippen molar-refractivity contribution in [2.45, 2.75) is 18.7 Å². The summed E-state index contributed by atoms with van der Waals surface area (Å²) in [7, 11) is -3.57. The van der Waals surface area contributed by atoms with Gasteiger partial charge in [0.05, 0.1) is 9.47 Å². The first-order valence-corrected chi connectivity index (χ1v) is 8.81. The van der Waals surface area contributed by atoms with Crippen molar-refractivity contribution in [2.75, 3.05) is 4.72 Å². The number of aryl methyl sites for hydroxylation is 2. The van der Waals surface area contributed by atoms with E-state index in [1.54, 1.807) is 38.1 Å². The minimum Gasteiger partial charge on any atom is -0.279 e. The van der Waals surface area contributed by atoms with E-state index in [2.05, 4.69) is 20.7 Å². The molecular weight excluding hydrogens is 370 g/mol. The van der Waals surface area contributed by atoms with Crippen LogP contribution in [0.2, 0.25) is 5.02 Å². The van der Waals surface area contributed by atoms with Crippen molar-refractivity contribution >= 4 is 54.6 Å². The van der Waals surface area contributed by atoms with Crippen molar-refractivity contribution < 1.29 is 8.42 Å². The smallest absolute Gasteiger partial charge is 0.263 e. The average molecular weight is 381 g/mol. The molecule has 102 valence electrons. The van der Waals surface area contributed by atoms with Crippen LogP contribution in [0.4, 0.5) is 5.69 Å². The van der Waals surface area contributed by atoms with Crippen LogP contribution < -0.4 is 4.72 Å². The first-order chi connectivity index (χ1) is 8.79. The predicted molar refractivity (Wildman–Crippen MR) is 83.8 cm³/mol. The maximum atomic E-state index is 12.3. The van der Waals surface area contributed by atoms with Gasteiger partial charge in [0, 0.05) is 9.90 Å². The van der Waals surface area contributed by atoms with Crippen LogP contribution in [0.15, 0.2) is 32.9 Å². The Labute approximate surface area is 129 Å². The minimum atomic E-state index is -3.57. The molecule has 0 bridgehead atoms. The highest BCUT2D eigenvalue weighted by atomic mass is 79.9. The third-order valence-corrected chi connectivity index (χ3v) is 5.97. The maximum Gasteiger partial charge on any atom is 0.263 e. The van der Waals surface area contributed by atoms with E-state index < -0.39 is 10.0 Å². The Balaban J connectivity index is 2.39. The third-order valence-electron chi connectivity index (χ3n) is 2.56. The van der Waals surface area contributed by atoms with Crippen LogP contribution in [0.25, 0.3) is 0 Å². The second-order valence-electron chi connectivity index (χ2n) is 4.04. The van der Waals surface area contributed by atoms with E-state index in [4.69, 9.17) is 11.6 Å². The largest absolute Gasteiger partial charge is 0.279 e. The average Bonchev–Trinajstić information content (AvgIpc) is 2.63. The number of hydrogen-bond donors (Lipinski definition) is 1. The van der Waals surface area contributed by atoms with Gasteiger partial charge in [-0.15, -0.1) is 11.3 Å². The molecule has 0 amide bonds. The normalized spacial score (nSPS) is 11.6. The van der Waals surface area contributed by atoms with Crippen molar-refractivity contribution in [1.82, 2.24) is 0 Å². The first-order valence-electron chi connectivity index (χ1n) is 5.34. The maximum absolute atomic E-state index is 12.3. The Bertz CT molecular complexity index is 725. The van der Waals surface area contributed by atoms with Gasteiger partial charge in [-0.1, -0.05) is 11.6 Å². The summed E-state index contributed by atoms with van der Waals surface area (Å²) < 4.78 is 28.0. The van der Waals surface area contributed by atoms with Crippen molar-refractivity contribution in [3.63, 3.8) is 0 Å². The lowest BCUT2D eigenvalue weighted by molar-refractivity contribution is 0.601. The van der Waals surface area contributed by atoms with Crippen LogP contribution in [0, 0.1) is 13.8 Å². The molecule has 19 heavy (non-hydrogen) atoms. The molecule has 0 spiro atoms. The van der Waals surface area contributed by atoms with Crippen LogP contribution in [-0.4, -0.2) is 8.42 Å². The Morgan fingerprint density at radius 1 is 1.26 bits per heavy atom. The summed E-state index contributed by atoms with van der Waals surface area (Å²) in [6.07, 6.45) is 0. The molecule has 0 saturated carbocycles. The molecule has 3 nitrogen and oxygen atoms in total. The number of anilines is 1. The van der Waals surface area contributed by atoms with Gasteiger partial charge >= 0.3 is 0 Å². The number of hydrogen-bond acceptors (Lipinski definition) is 3. The molecule has 2 aromatic rings. The van der Waals surface area contributed by atoms with Crippen molar-refractivity contribution in [2.24, 2.45) is 0 Å². The topological polar surface area (TPSA) is 46.2 Å². The fraction of sp³-hybridized carbons (Fsp3) is 0.167. The molecule has 1 aromatic carbocycles. The minimum absolute atomic E-state index is 0.290. The zero-order valence-electron chi connectivity index (χ0n) is 10.2. The van der Waals surface area contributed by atoms with E-state index in [0.29, 0.717) is 15.6 Å². The quantitative estimate of drug-likeness (QED) is 0.847. The van der Waals surface area contributed by atoms with Gasteiger partial charge in [0.25, 0.3) is 10.0 Å². The highest BCUT2D eigenvalue weighted by molar-refractivity contribution is 9.11. The SMILES string of the molecule is Cc1cc(Cl)ccc1NS(=O)(=O)c1cc(Br)sc1C. The van der Waals surface area contributed by atoms with Gasteiger partial charge in [0.1, 0.15) is 4.90 Å². The van der Waals surface area contributed by atoms with Crippen LogP contribution in [-0.2, 0) is 10.0 Å². The molecule has 0 radical (unpaired) electrons. The summed E-state index contributed by atoms with van der Waals surface area (Å²) in [5.74, 6) is 0. The predicted octanol–water partition coefficient (Wildman–Crippen LogP) is 4.58. The molecule has 7 heteroatoms. The molecule has 1 aromatic heterocycles. The standard InChI is InChI=1S/C12H11BrClNO2S2/c1-7-5-9(14)3-4-10(7)15-19(16,17)11-6-12(13)18-8(11)2/h3-6,15H,1-2H3. The molecule has 0 aliphatic carbocycles. The molecule has 0 aliphatic heterocycles. The second kappa shape index (κ2) is 5.44. The van der Waals surface area contributed by atoms with Crippen LogP contribution in [0.3, 0.4) is 0 Å². The summed E-state index contributed by atoms with van der Waals surface area (Å²) in [6, 6.07) is 6.64. The van der Waals surface area contributed by atoms with E-state index in [9.17, 15) is 8.42 Å². The molecule has 0 saturated heterocycles. The summed E-state index contributed by atoms with van der Waals surface area (Å²) in [5.41, 5.74) is 1.31. The number of benzene rings is 1. The van der Waals surface area contributed by atoms with E-state index in [1.165, 1.54) is 11.3 Å². The Hall–Kier alpha value is -0.560. The third kappa shape index (κ3) is 3.31. The van der Waals surface area contributed by atoms with Gasteiger partial charge in [-0.05, 0) is 59.6 Å². The molecule has 0 aliphatic rings. The molecule has 2 rings (SSSR count). The lowest BCUT2D eigenvalue weighted by Gasteiger charge is -2.10. The lowest BCUT2D eigenvalue weighted by atomic mass is 10.2. The fourth-order valence-electron chi connectivity index (χ4n) is 1.64. The molecular formula is C12H11BrClNO2S2. The number of rotatable bonds is 3. The summed E-state index contributed by atoms with van der Waals surface area (Å²) in [4.78, 5) is 1.03. The highest BCUT2D eigenvalue weighted by Crippen LogP contribution is 2.31. The monoisotopic (exact) mass is 379 g/mol. The van der Waals surface area contributed by atoms with Gasteiger partial charge in [0.15, 0.2) is 0 Å². The molecule has 0 unspecified atom stereocenters. The molecule has 0 fully saturated rings. The zero-order chi connectivity index (χ0) is 14.2. The van der Waals surface area contributed by atoms with Crippen molar-refractivity contribution in [1.29, 1.82) is 0 Å². The summed E-state index contributed by atoms with van der Waals surface area (Å²) in [5, 5.41) is 0.579. The molecule has 0 atom stereocenters. The number of sulfonamides is 1. The zero-order valence-corrected chi connectivity index (χ0v) is 14.2. The fourth-order valence-corrected chi connectivity index (χ4v) is 5.41. The lowest BCUT2D eigenvalue weighted by Crippen LogP contribution is -2.13. The van der Waals surface area contributed by atoms with Crippen LogP contribution in [0.5, 0.6) is 0 Å². The Kier molecular flexibility index (Phi) is 4.25. The van der Waals surface area contributed by atoms with Crippen molar-refractivity contribution in [3.8, 4) is 0 Å². The summed E-state index contributed by atoms with van der Waals surface area (Å²) in [6.45, 7) is 3.58. The van der Waals surface area contributed by atoms with Gasteiger partial charge < -0.3 is 0 Å². The van der Waals surface area contributed by atoms with Gasteiger partial charge in [-0.3, -0.25) is 4.72 Å². The Morgan fingerprint density at radius 2 is 1.95 bits per heavy atom. The molecule has 1 heterocycles. The molecule has 1 N–H and O–H groups in total. The Morgan fingerprint density at radius 3 is 2.47 bits per heavy atom. The van der Waals surface area contributed by atoms with Gasteiger partial charge in [0.2, 0.25) is 0 Å². The van der Waals surface area contributed by atoms with Crippen LogP contribution >= 0.6 is 38.9 Å². The van der Waals surface area contributed by atoms with E-state index >= 15 is 0 Å².